The van der Waals surface area contributed by atoms with E-state index in [1.54, 1.807) is 18.9 Å². The molecule has 2 saturated heterocycles. The molecule has 9 nitrogen and oxygen atoms in total. The van der Waals surface area contributed by atoms with Crippen LogP contribution in [0.3, 0.4) is 0 Å². The van der Waals surface area contributed by atoms with Crippen LogP contribution in [0.15, 0.2) is 36.6 Å². The first-order valence-electron chi connectivity index (χ1n) is 10.4. The van der Waals surface area contributed by atoms with Crippen LogP contribution in [0.4, 0.5) is 4.79 Å². The van der Waals surface area contributed by atoms with Crippen molar-refractivity contribution in [2.45, 2.75) is 38.0 Å². The molecule has 1 unspecified atom stereocenters. The number of nitrogens with zero attached hydrogens (tertiary/aromatic N) is 2. The van der Waals surface area contributed by atoms with E-state index in [-0.39, 0.29) is 42.8 Å². The van der Waals surface area contributed by atoms with Crippen molar-refractivity contribution in [1.82, 2.24) is 9.80 Å². The van der Waals surface area contributed by atoms with Crippen molar-refractivity contribution in [1.29, 1.82) is 0 Å². The summed E-state index contributed by atoms with van der Waals surface area (Å²) in [7, 11) is 1.56. The Labute approximate surface area is 181 Å². The molecule has 2 fully saturated rings. The minimum Gasteiger partial charge on any atom is -0.457 e. The van der Waals surface area contributed by atoms with Gasteiger partial charge >= 0.3 is 12.1 Å². The Morgan fingerprint density at radius 3 is 2.55 bits per heavy atom. The van der Waals surface area contributed by atoms with Crippen LogP contribution < -0.4 is 0 Å². The highest BCUT2D eigenvalue weighted by Gasteiger charge is 2.58. The van der Waals surface area contributed by atoms with Gasteiger partial charge in [0.15, 0.2) is 0 Å². The van der Waals surface area contributed by atoms with Gasteiger partial charge in [0.25, 0.3) is 0 Å². The fourth-order valence-corrected chi connectivity index (χ4v) is 4.81. The van der Waals surface area contributed by atoms with E-state index in [4.69, 9.17) is 14.2 Å². The van der Waals surface area contributed by atoms with E-state index in [0.29, 0.717) is 26.0 Å². The second-order valence-corrected chi connectivity index (χ2v) is 8.07. The van der Waals surface area contributed by atoms with Gasteiger partial charge in [-0.2, -0.15) is 0 Å². The Hall–Kier alpha value is -2.65. The van der Waals surface area contributed by atoms with Crippen molar-refractivity contribution in [3.05, 3.63) is 36.6 Å². The summed E-state index contributed by atoms with van der Waals surface area (Å²) in [6.45, 7) is 9.47. The highest BCUT2D eigenvalue weighted by Crippen LogP contribution is 2.48. The number of fused-ring (bicyclic) bond motifs is 1. The number of ether oxygens (including phenoxy) is 3. The molecular formula is C22H30N2O7. The molecule has 3 rings (SSSR count). The van der Waals surface area contributed by atoms with Crippen molar-refractivity contribution >= 4 is 18.0 Å². The number of amides is 2. The number of methoxy groups -OCH3 is 1. The molecule has 1 N–H and O–H groups in total. The van der Waals surface area contributed by atoms with E-state index in [2.05, 4.69) is 13.2 Å². The lowest BCUT2D eigenvalue weighted by Gasteiger charge is -2.44. The molecule has 0 aliphatic carbocycles. The van der Waals surface area contributed by atoms with Gasteiger partial charge in [-0.25, -0.2) is 9.59 Å². The molecule has 3 aliphatic heterocycles. The summed E-state index contributed by atoms with van der Waals surface area (Å²) in [4.78, 5) is 41.1. The average Bonchev–Trinajstić information content (AvgIpc) is 3.29. The molecule has 31 heavy (non-hydrogen) atoms. The molecule has 170 valence electrons. The molecule has 0 aromatic heterocycles. The minimum atomic E-state index is -0.811. The number of hydrogen-bond donors (Lipinski definition) is 1. The summed E-state index contributed by atoms with van der Waals surface area (Å²) in [6, 6.07) is -0.502. The quantitative estimate of drug-likeness (QED) is 0.331. The molecule has 0 radical (unpaired) electrons. The monoisotopic (exact) mass is 434 g/mol. The molecule has 3 heterocycles. The zero-order valence-electron chi connectivity index (χ0n) is 18.0. The minimum absolute atomic E-state index is 0.0269. The van der Waals surface area contributed by atoms with E-state index in [1.807, 2.05) is 0 Å². The maximum Gasteiger partial charge on any atom is 0.410 e. The number of carbonyl (C=O) groups excluding carboxylic acids is 3. The highest BCUT2D eigenvalue weighted by molar-refractivity contribution is 6.00. The second kappa shape index (κ2) is 9.65. The van der Waals surface area contributed by atoms with Crippen LogP contribution in [0.5, 0.6) is 0 Å². The lowest BCUT2D eigenvalue weighted by atomic mass is 9.81. The van der Waals surface area contributed by atoms with Gasteiger partial charge in [-0.1, -0.05) is 25.3 Å². The summed E-state index contributed by atoms with van der Waals surface area (Å²) in [5, 5.41) is 10.0. The fourth-order valence-electron chi connectivity index (χ4n) is 4.81. The second-order valence-electron chi connectivity index (χ2n) is 8.07. The number of aliphatic hydroxyl groups is 1. The molecule has 0 aromatic rings. The first kappa shape index (κ1) is 23.0. The Balaban J connectivity index is 1.88. The van der Waals surface area contributed by atoms with Crippen LogP contribution in [-0.2, 0) is 23.8 Å². The smallest absolute Gasteiger partial charge is 0.410 e. The van der Waals surface area contributed by atoms with Crippen LogP contribution in [0.2, 0.25) is 0 Å². The fraction of sp³-hybridized carbons (Fsp3) is 0.591. The molecule has 0 aromatic carbocycles. The molecule has 0 saturated carbocycles. The van der Waals surface area contributed by atoms with Crippen molar-refractivity contribution in [3.8, 4) is 0 Å². The molecule has 0 spiro atoms. The summed E-state index contributed by atoms with van der Waals surface area (Å²) >= 11 is 0. The van der Waals surface area contributed by atoms with Gasteiger partial charge in [0.05, 0.1) is 30.7 Å². The standard InChI is InChI=1S/C22H30N2O7/c1-5-7-30-21(27)19-16(10-17-18(13(3)25)20(26)24(17)19)14-9-15(12-29-4)23(11-14)22(28)31-8-6-2/h5-6,13-15,17-18,25H,1-2,7-12H2,3-4H3/t13-,14?,15+,17-,18-/m1/s1. The number of likely N-dealkylation sites (tertiary alicyclic amines) is 1. The Bertz CT molecular complexity index is 791. The van der Waals surface area contributed by atoms with Crippen LogP contribution in [0.25, 0.3) is 0 Å². The predicted octanol–water partition coefficient (Wildman–Crippen LogP) is 1.24. The summed E-state index contributed by atoms with van der Waals surface area (Å²) in [5.74, 6) is -1.58. The van der Waals surface area contributed by atoms with E-state index in [9.17, 15) is 19.5 Å². The lowest BCUT2D eigenvalue weighted by molar-refractivity contribution is -0.162. The summed E-state index contributed by atoms with van der Waals surface area (Å²) < 4.78 is 15.7. The molecule has 3 aliphatic rings. The van der Waals surface area contributed by atoms with E-state index < -0.39 is 24.1 Å². The van der Waals surface area contributed by atoms with Crippen molar-refractivity contribution in [2.24, 2.45) is 11.8 Å². The normalized spacial score (nSPS) is 28.2. The maximum absolute atomic E-state index is 12.8. The SMILES string of the molecule is C=CCOC(=O)C1=C(C2C[C@@H](COC)N(C(=O)OCC=C)C2)C[C@@H]2[C@@H]([C@@H](C)O)C(=O)N12. The largest absolute Gasteiger partial charge is 0.457 e. The topological polar surface area (TPSA) is 106 Å². The van der Waals surface area contributed by atoms with Gasteiger partial charge in [0, 0.05) is 19.6 Å². The first-order valence-corrected chi connectivity index (χ1v) is 10.4. The van der Waals surface area contributed by atoms with Gasteiger partial charge in [-0.3, -0.25) is 4.79 Å². The van der Waals surface area contributed by atoms with E-state index in [1.165, 1.54) is 17.1 Å². The van der Waals surface area contributed by atoms with Crippen LogP contribution in [0, 0.1) is 11.8 Å². The van der Waals surface area contributed by atoms with Crippen LogP contribution >= 0.6 is 0 Å². The third-order valence-electron chi connectivity index (χ3n) is 6.11. The van der Waals surface area contributed by atoms with Crippen LogP contribution in [-0.4, -0.2) is 84.5 Å². The van der Waals surface area contributed by atoms with Gasteiger partial charge < -0.3 is 29.1 Å². The Morgan fingerprint density at radius 1 is 1.26 bits per heavy atom. The van der Waals surface area contributed by atoms with Crippen molar-refractivity contribution in [2.75, 3.05) is 33.5 Å². The number of carbonyl (C=O) groups is 3. The van der Waals surface area contributed by atoms with Gasteiger partial charge in [-0.15, -0.1) is 0 Å². The zero-order chi connectivity index (χ0) is 22.7. The average molecular weight is 434 g/mol. The molecule has 9 heteroatoms. The summed E-state index contributed by atoms with van der Waals surface area (Å²) in [5.41, 5.74) is 1.01. The Morgan fingerprint density at radius 2 is 1.94 bits per heavy atom. The van der Waals surface area contributed by atoms with Crippen molar-refractivity contribution < 1.29 is 33.7 Å². The number of hydrogen-bond acceptors (Lipinski definition) is 7. The summed E-state index contributed by atoms with van der Waals surface area (Å²) in [6.07, 6.45) is 2.70. The van der Waals surface area contributed by atoms with Gasteiger partial charge in [-0.05, 0) is 25.3 Å². The highest BCUT2D eigenvalue weighted by atomic mass is 16.6. The number of esters is 1. The third kappa shape index (κ3) is 4.24. The van der Waals surface area contributed by atoms with E-state index in [0.717, 1.165) is 5.57 Å². The molecule has 5 atom stereocenters. The zero-order valence-corrected chi connectivity index (χ0v) is 18.0. The Kier molecular flexibility index (Phi) is 7.17. The number of aliphatic hydroxyl groups excluding tert-OH is 1. The van der Waals surface area contributed by atoms with Gasteiger partial charge in [0.2, 0.25) is 5.91 Å². The molecular weight excluding hydrogens is 404 g/mol. The van der Waals surface area contributed by atoms with Crippen molar-refractivity contribution in [3.63, 3.8) is 0 Å². The van der Waals surface area contributed by atoms with E-state index >= 15 is 0 Å². The first-order chi connectivity index (χ1) is 14.8. The molecule has 2 amide bonds. The van der Waals surface area contributed by atoms with Gasteiger partial charge in [0.1, 0.15) is 18.9 Å². The predicted molar refractivity (Wildman–Crippen MR) is 111 cm³/mol. The van der Waals surface area contributed by atoms with Crippen LogP contribution in [0.1, 0.15) is 19.8 Å². The third-order valence-corrected chi connectivity index (χ3v) is 6.11. The number of rotatable bonds is 9. The maximum atomic E-state index is 12.8. The lowest BCUT2D eigenvalue weighted by Crippen LogP contribution is -2.61. The molecule has 0 bridgehead atoms. The number of β-lactam (4-membered cyclic amide) rings is 1.